The van der Waals surface area contributed by atoms with Gasteiger partial charge in [-0.3, -0.25) is 4.79 Å². The number of allylic oxidation sites excluding steroid dienone is 1. The maximum Gasteiger partial charge on any atom is 0.309 e. The number of fused-ring (bicyclic) bond motifs is 3. The molecule has 36 heavy (non-hydrogen) atoms. The number of ether oxygens (including phenoxy) is 2. The molecule has 3 aromatic rings. The fourth-order valence-electron chi connectivity index (χ4n) is 5.47. The van der Waals surface area contributed by atoms with E-state index in [1.807, 2.05) is 12.1 Å². The minimum absolute atomic E-state index is 0.230. The summed E-state index contributed by atoms with van der Waals surface area (Å²) in [6, 6.07) is 8.40. The second-order valence-corrected chi connectivity index (χ2v) is 9.89. The summed E-state index contributed by atoms with van der Waals surface area (Å²) in [5.41, 5.74) is 3.82. The maximum absolute atomic E-state index is 13.4. The van der Waals surface area contributed by atoms with E-state index >= 15 is 0 Å². The van der Waals surface area contributed by atoms with Crippen molar-refractivity contribution in [2.75, 3.05) is 19.8 Å². The Hall–Kier alpha value is -3.03. The number of hydrogen-bond acceptors (Lipinski definition) is 5. The summed E-state index contributed by atoms with van der Waals surface area (Å²) in [6.45, 7) is 1.46. The Balaban J connectivity index is 1.38. The molecule has 6 nitrogen and oxygen atoms in total. The molecule has 1 N–H and O–H groups in total. The monoisotopic (exact) mass is 492 g/mol. The van der Waals surface area contributed by atoms with Gasteiger partial charge in [0.25, 0.3) is 0 Å². The topological polar surface area (TPSA) is 73.6 Å². The number of nitrogens with zero attached hydrogens (tertiary/aromatic N) is 2. The molecule has 0 radical (unpaired) electrons. The lowest BCUT2D eigenvalue weighted by molar-refractivity contribution is -0.00469. The van der Waals surface area contributed by atoms with Gasteiger partial charge in [-0.15, -0.1) is 0 Å². The highest BCUT2D eigenvalue weighted by Crippen LogP contribution is 2.34. The van der Waals surface area contributed by atoms with Crippen molar-refractivity contribution in [1.82, 2.24) is 9.71 Å². The maximum atomic E-state index is 13.4. The summed E-state index contributed by atoms with van der Waals surface area (Å²) in [4.78, 5) is 16.9. The van der Waals surface area contributed by atoms with E-state index in [0.717, 1.165) is 59.8 Å². The normalized spacial score (nSPS) is 18.6. The molecule has 0 saturated heterocycles. The summed E-state index contributed by atoms with van der Waals surface area (Å²) in [5.74, 6) is -0.00704. The minimum Gasteiger partial charge on any atom is -0.425 e. The van der Waals surface area contributed by atoms with E-state index in [1.54, 1.807) is 12.3 Å². The molecule has 2 aliphatic carbocycles. The van der Waals surface area contributed by atoms with Crippen LogP contribution in [0.4, 0.5) is 4.39 Å². The van der Waals surface area contributed by atoms with Crippen molar-refractivity contribution in [2.45, 2.75) is 57.5 Å². The average molecular weight is 493 g/mol. The summed E-state index contributed by atoms with van der Waals surface area (Å²) in [7, 11) is 0. The van der Waals surface area contributed by atoms with Crippen LogP contribution in [0.5, 0.6) is 0 Å². The van der Waals surface area contributed by atoms with Crippen LogP contribution in [0.15, 0.2) is 53.6 Å². The van der Waals surface area contributed by atoms with Crippen LogP contribution in [0.25, 0.3) is 16.5 Å². The molecule has 1 atom stereocenters. The molecule has 7 heteroatoms. The Morgan fingerprint density at radius 1 is 1.06 bits per heavy atom. The lowest BCUT2D eigenvalue weighted by Gasteiger charge is -2.22. The third kappa shape index (κ3) is 5.68. The van der Waals surface area contributed by atoms with Crippen molar-refractivity contribution >= 4 is 16.5 Å². The van der Waals surface area contributed by atoms with Crippen molar-refractivity contribution in [3.8, 4) is 0 Å². The quantitative estimate of drug-likeness (QED) is 0.340. The molecule has 0 aliphatic heterocycles. The second-order valence-electron chi connectivity index (χ2n) is 9.89. The fourth-order valence-corrected chi connectivity index (χ4v) is 5.47. The van der Waals surface area contributed by atoms with Gasteiger partial charge in [0.2, 0.25) is 0 Å². The zero-order valence-electron chi connectivity index (χ0n) is 20.5. The zero-order valence-corrected chi connectivity index (χ0v) is 20.5. The molecule has 190 valence electrons. The molecular formula is C29H33FN2O4. The van der Waals surface area contributed by atoms with Crippen LogP contribution in [-0.2, 0) is 22.3 Å². The van der Waals surface area contributed by atoms with Gasteiger partial charge >= 0.3 is 5.56 Å². The molecule has 1 fully saturated rings. The first-order valence-corrected chi connectivity index (χ1v) is 13.0. The van der Waals surface area contributed by atoms with E-state index in [-0.39, 0.29) is 17.3 Å². The molecule has 0 bridgehead atoms. The zero-order chi connectivity index (χ0) is 24.9. The SMILES string of the molecule is O=c1c2ncc3c(c2ccn1O)C(COCCOC1CCCCC1)=CC(Cc1ccc(F)cc1)CC3. The average Bonchev–Trinajstić information content (AvgIpc) is 3.07. The van der Waals surface area contributed by atoms with Gasteiger partial charge in [-0.05, 0) is 78.5 Å². The van der Waals surface area contributed by atoms with Gasteiger partial charge in [0.1, 0.15) is 11.3 Å². The fraction of sp³-hybridized carbons (Fsp3) is 0.448. The Morgan fingerprint density at radius 3 is 2.67 bits per heavy atom. The van der Waals surface area contributed by atoms with Crippen LogP contribution in [-0.4, -0.2) is 40.8 Å². The van der Waals surface area contributed by atoms with Crippen molar-refractivity contribution in [3.63, 3.8) is 0 Å². The van der Waals surface area contributed by atoms with Crippen LogP contribution < -0.4 is 5.56 Å². The predicted molar refractivity (Wildman–Crippen MR) is 137 cm³/mol. The van der Waals surface area contributed by atoms with Gasteiger partial charge in [-0.2, -0.15) is 4.73 Å². The molecular weight excluding hydrogens is 459 g/mol. The van der Waals surface area contributed by atoms with Crippen molar-refractivity contribution in [1.29, 1.82) is 0 Å². The summed E-state index contributed by atoms with van der Waals surface area (Å²) in [5, 5.41) is 10.6. The molecule has 2 aromatic heterocycles. The third-order valence-corrected chi connectivity index (χ3v) is 7.33. The highest BCUT2D eigenvalue weighted by molar-refractivity contribution is 5.93. The first-order valence-electron chi connectivity index (χ1n) is 13.0. The van der Waals surface area contributed by atoms with Gasteiger partial charge < -0.3 is 14.7 Å². The van der Waals surface area contributed by atoms with E-state index in [9.17, 15) is 14.4 Å². The molecule has 1 saturated carbocycles. The van der Waals surface area contributed by atoms with E-state index in [1.165, 1.54) is 37.6 Å². The number of aromatic nitrogens is 2. The van der Waals surface area contributed by atoms with Crippen LogP contribution in [0.1, 0.15) is 55.2 Å². The smallest absolute Gasteiger partial charge is 0.309 e. The Kier molecular flexibility index (Phi) is 7.78. The first-order chi connectivity index (χ1) is 17.6. The van der Waals surface area contributed by atoms with Gasteiger partial charge in [0.05, 0.1) is 25.9 Å². The minimum atomic E-state index is -0.538. The number of hydrogen-bond donors (Lipinski definition) is 1. The van der Waals surface area contributed by atoms with E-state index in [0.29, 0.717) is 30.7 Å². The Labute approximate surface area is 210 Å². The summed E-state index contributed by atoms with van der Waals surface area (Å²) < 4.78 is 26.1. The number of aryl methyl sites for hydroxylation is 1. The molecule has 1 unspecified atom stereocenters. The lowest BCUT2D eigenvalue weighted by Crippen LogP contribution is -2.20. The van der Waals surface area contributed by atoms with Gasteiger partial charge in [0, 0.05) is 17.8 Å². The molecule has 2 heterocycles. The molecule has 2 aliphatic rings. The van der Waals surface area contributed by atoms with E-state index in [2.05, 4.69) is 11.1 Å². The van der Waals surface area contributed by atoms with Crippen molar-refractivity contribution < 1.29 is 19.1 Å². The number of halogens is 1. The highest BCUT2D eigenvalue weighted by atomic mass is 19.1. The number of benzene rings is 1. The predicted octanol–water partition coefficient (Wildman–Crippen LogP) is 5.33. The molecule has 0 amide bonds. The van der Waals surface area contributed by atoms with E-state index in [4.69, 9.17) is 9.47 Å². The third-order valence-electron chi connectivity index (χ3n) is 7.33. The number of pyridine rings is 2. The van der Waals surface area contributed by atoms with E-state index < -0.39 is 5.56 Å². The van der Waals surface area contributed by atoms with Crippen LogP contribution in [0.3, 0.4) is 0 Å². The largest absolute Gasteiger partial charge is 0.425 e. The standard InChI is InChI=1S/C29H33FN2O4/c30-24-10-7-20(8-11-24)16-21-6-9-22-18-31-28-26(12-13-32(34)29(28)33)27(22)23(17-21)19-35-14-15-36-25-4-2-1-3-5-25/h7-8,10-13,17-18,21,25,34H,1-6,9,14-16,19H2. The summed E-state index contributed by atoms with van der Waals surface area (Å²) >= 11 is 0. The number of rotatable bonds is 8. The second kappa shape index (κ2) is 11.4. The summed E-state index contributed by atoms with van der Waals surface area (Å²) in [6.07, 6.45) is 14.2. The first kappa shape index (κ1) is 24.7. The molecule has 0 spiro atoms. The van der Waals surface area contributed by atoms with Crippen molar-refractivity contribution in [3.05, 3.63) is 81.7 Å². The Morgan fingerprint density at radius 2 is 1.86 bits per heavy atom. The van der Waals surface area contributed by atoms with Crippen LogP contribution in [0.2, 0.25) is 0 Å². The highest BCUT2D eigenvalue weighted by Gasteiger charge is 2.22. The lowest BCUT2D eigenvalue weighted by atomic mass is 9.94. The van der Waals surface area contributed by atoms with Gasteiger partial charge in [-0.1, -0.05) is 37.5 Å². The molecule has 5 rings (SSSR count). The van der Waals surface area contributed by atoms with Crippen molar-refractivity contribution in [2.24, 2.45) is 5.92 Å². The van der Waals surface area contributed by atoms with Gasteiger partial charge in [0.15, 0.2) is 0 Å². The van der Waals surface area contributed by atoms with Crippen LogP contribution >= 0.6 is 0 Å². The van der Waals surface area contributed by atoms with Crippen LogP contribution in [0, 0.1) is 11.7 Å². The van der Waals surface area contributed by atoms with Gasteiger partial charge in [-0.25, -0.2) is 9.37 Å². The molecule has 1 aromatic carbocycles. The Bertz CT molecular complexity index is 1280.